The van der Waals surface area contributed by atoms with Crippen LogP contribution in [-0.2, 0) is 15.1 Å². The number of nitrogens with one attached hydrogen (secondary N) is 2. The molecule has 146 valence electrons. The summed E-state index contributed by atoms with van der Waals surface area (Å²) in [5.74, 6) is -1.80. The molecule has 2 aromatic carbocycles. The first-order valence-corrected chi connectivity index (χ1v) is 9.03. The van der Waals surface area contributed by atoms with E-state index in [9.17, 15) is 18.8 Å². The van der Waals surface area contributed by atoms with Crippen LogP contribution in [0.2, 0.25) is 10.0 Å². The summed E-state index contributed by atoms with van der Waals surface area (Å²) in [6.45, 7) is 2.77. The Morgan fingerprint density at radius 3 is 2.54 bits per heavy atom. The number of carbonyl (C=O) groups excluding carboxylic acids is 3. The molecule has 1 saturated heterocycles. The van der Waals surface area contributed by atoms with Crippen molar-refractivity contribution in [3.8, 4) is 0 Å². The molecule has 1 unspecified atom stereocenters. The van der Waals surface area contributed by atoms with Crippen molar-refractivity contribution in [1.29, 1.82) is 0 Å². The summed E-state index contributed by atoms with van der Waals surface area (Å²) in [4.78, 5) is 38.3. The molecule has 1 atom stereocenters. The standard InChI is InChI=1S/C19H16Cl2FN3O3/c1-10-3-5-12(8-14(10)20)23-16(26)9-25-17(27)19(2,24-18(25)28)13-6-4-11(22)7-15(13)21/h3-8H,9H2,1-2H3,(H,23,26)(H,24,28). The van der Waals surface area contributed by atoms with E-state index in [2.05, 4.69) is 10.6 Å². The lowest BCUT2D eigenvalue weighted by Gasteiger charge is -2.23. The third-order valence-electron chi connectivity index (χ3n) is 4.50. The average molecular weight is 424 g/mol. The first-order chi connectivity index (χ1) is 13.1. The Hall–Kier alpha value is -2.64. The molecule has 0 spiro atoms. The number of aryl methyl sites for hydroxylation is 1. The number of anilines is 1. The highest BCUT2D eigenvalue weighted by molar-refractivity contribution is 6.32. The summed E-state index contributed by atoms with van der Waals surface area (Å²) in [7, 11) is 0. The number of hydrogen-bond donors (Lipinski definition) is 2. The van der Waals surface area contributed by atoms with Crippen molar-refractivity contribution in [1.82, 2.24) is 10.2 Å². The first-order valence-electron chi connectivity index (χ1n) is 8.27. The van der Waals surface area contributed by atoms with Crippen molar-refractivity contribution in [3.63, 3.8) is 0 Å². The summed E-state index contributed by atoms with van der Waals surface area (Å²) < 4.78 is 13.3. The number of urea groups is 1. The Balaban J connectivity index is 1.78. The molecule has 0 saturated carbocycles. The molecule has 4 amide bonds. The molecule has 0 bridgehead atoms. The van der Waals surface area contributed by atoms with E-state index in [1.165, 1.54) is 13.0 Å². The maximum atomic E-state index is 13.3. The first kappa shape index (κ1) is 20.1. The Kier molecular flexibility index (Phi) is 5.32. The fraction of sp³-hybridized carbons (Fsp3) is 0.211. The van der Waals surface area contributed by atoms with Gasteiger partial charge in [0, 0.05) is 21.3 Å². The minimum atomic E-state index is -1.50. The van der Waals surface area contributed by atoms with E-state index in [1.54, 1.807) is 18.2 Å². The largest absolute Gasteiger partial charge is 0.325 e. The number of carbonyl (C=O) groups is 3. The van der Waals surface area contributed by atoms with Crippen molar-refractivity contribution in [2.75, 3.05) is 11.9 Å². The van der Waals surface area contributed by atoms with Gasteiger partial charge in [0.25, 0.3) is 5.91 Å². The predicted molar refractivity (Wildman–Crippen MR) is 104 cm³/mol. The van der Waals surface area contributed by atoms with E-state index in [1.807, 2.05) is 6.92 Å². The van der Waals surface area contributed by atoms with E-state index in [4.69, 9.17) is 23.2 Å². The highest BCUT2D eigenvalue weighted by Gasteiger charge is 2.50. The lowest BCUT2D eigenvalue weighted by Crippen LogP contribution is -2.42. The average Bonchev–Trinajstić information content (AvgIpc) is 2.82. The molecule has 1 aliphatic rings. The van der Waals surface area contributed by atoms with E-state index >= 15 is 0 Å². The zero-order valence-electron chi connectivity index (χ0n) is 15.0. The van der Waals surface area contributed by atoms with Gasteiger partial charge in [-0.05, 0) is 43.7 Å². The second-order valence-corrected chi connectivity index (χ2v) is 7.40. The molecule has 28 heavy (non-hydrogen) atoms. The summed E-state index contributed by atoms with van der Waals surface area (Å²) in [6.07, 6.45) is 0. The predicted octanol–water partition coefficient (Wildman–Crippen LogP) is 3.85. The molecule has 3 rings (SSSR count). The minimum absolute atomic E-state index is 0.00301. The SMILES string of the molecule is Cc1ccc(NC(=O)CN2C(=O)NC(C)(c3ccc(F)cc3Cl)C2=O)cc1Cl. The molecule has 0 radical (unpaired) electrons. The van der Waals surface area contributed by atoms with Crippen LogP contribution in [0.4, 0.5) is 14.9 Å². The van der Waals surface area contributed by atoms with Gasteiger partial charge in [-0.25, -0.2) is 9.18 Å². The van der Waals surface area contributed by atoms with Crippen LogP contribution in [0.5, 0.6) is 0 Å². The minimum Gasteiger partial charge on any atom is -0.324 e. The normalized spacial score (nSPS) is 19.0. The second kappa shape index (κ2) is 7.41. The van der Waals surface area contributed by atoms with Gasteiger partial charge in [-0.2, -0.15) is 0 Å². The third-order valence-corrected chi connectivity index (χ3v) is 5.22. The number of imide groups is 1. The zero-order valence-corrected chi connectivity index (χ0v) is 16.5. The zero-order chi connectivity index (χ0) is 20.6. The smallest absolute Gasteiger partial charge is 0.324 e. The molecule has 1 aliphatic heterocycles. The Morgan fingerprint density at radius 1 is 1.18 bits per heavy atom. The fourth-order valence-corrected chi connectivity index (χ4v) is 3.47. The van der Waals surface area contributed by atoms with Crippen LogP contribution in [0.1, 0.15) is 18.1 Å². The number of halogens is 3. The van der Waals surface area contributed by atoms with E-state index in [0.717, 1.165) is 22.6 Å². The van der Waals surface area contributed by atoms with Crippen molar-refractivity contribution in [2.24, 2.45) is 0 Å². The Labute approximate surface area is 170 Å². The van der Waals surface area contributed by atoms with Crippen LogP contribution in [0.25, 0.3) is 0 Å². The topological polar surface area (TPSA) is 78.5 Å². The molecule has 0 aliphatic carbocycles. The van der Waals surface area contributed by atoms with Crippen LogP contribution in [0.15, 0.2) is 36.4 Å². The van der Waals surface area contributed by atoms with Crippen LogP contribution in [-0.4, -0.2) is 29.3 Å². The Morgan fingerprint density at radius 2 is 1.89 bits per heavy atom. The summed E-state index contributed by atoms with van der Waals surface area (Å²) >= 11 is 12.1. The van der Waals surface area contributed by atoms with Gasteiger partial charge >= 0.3 is 6.03 Å². The van der Waals surface area contributed by atoms with Crippen LogP contribution >= 0.6 is 23.2 Å². The van der Waals surface area contributed by atoms with Gasteiger partial charge in [-0.15, -0.1) is 0 Å². The maximum absolute atomic E-state index is 13.3. The van der Waals surface area contributed by atoms with Gasteiger partial charge < -0.3 is 10.6 Å². The van der Waals surface area contributed by atoms with E-state index in [-0.39, 0.29) is 10.6 Å². The molecule has 9 heteroatoms. The number of amides is 4. The number of benzene rings is 2. The quantitative estimate of drug-likeness (QED) is 0.733. The van der Waals surface area contributed by atoms with Crippen LogP contribution in [0.3, 0.4) is 0 Å². The highest BCUT2D eigenvalue weighted by Crippen LogP contribution is 2.34. The van der Waals surface area contributed by atoms with Gasteiger partial charge in [0.15, 0.2) is 0 Å². The summed E-state index contributed by atoms with van der Waals surface area (Å²) in [5.41, 5.74) is 0.0230. The van der Waals surface area contributed by atoms with E-state index in [0.29, 0.717) is 10.7 Å². The highest BCUT2D eigenvalue weighted by atomic mass is 35.5. The summed E-state index contributed by atoms with van der Waals surface area (Å²) in [6, 6.07) is 7.74. The lowest BCUT2D eigenvalue weighted by atomic mass is 9.92. The van der Waals surface area contributed by atoms with Crippen molar-refractivity contribution in [2.45, 2.75) is 19.4 Å². The molecule has 0 aromatic heterocycles. The van der Waals surface area contributed by atoms with Crippen molar-refractivity contribution < 1.29 is 18.8 Å². The monoisotopic (exact) mass is 423 g/mol. The fourth-order valence-electron chi connectivity index (χ4n) is 2.93. The van der Waals surface area contributed by atoms with Crippen LogP contribution < -0.4 is 10.6 Å². The molecular weight excluding hydrogens is 408 g/mol. The third kappa shape index (κ3) is 3.68. The number of nitrogens with zero attached hydrogens (tertiary/aromatic N) is 1. The van der Waals surface area contributed by atoms with E-state index < -0.39 is 35.7 Å². The molecule has 1 fully saturated rings. The van der Waals surface area contributed by atoms with Gasteiger partial charge in [0.2, 0.25) is 5.91 Å². The molecule has 2 aromatic rings. The molecule has 2 N–H and O–H groups in total. The maximum Gasteiger partial charge on any atom is 0.325 e. The van der Waals surface area contributed by atoms with Gasteiger partial charge in [-0.1, -0.05) is 35.3 Å². The second-order valence-electron chi connectivity index (χ2n) is 6.58. The molecule has 1 heterocycles. The van der Waals surface area contributed by atoms with Crippen molar-refractivity contribution in [3.05, 3.63) is 63.4 Å². The van der Waals surface area contributed by atoms with Crippen molar-refractivity contribution >= 4 is 46.7 Å². The Bertz CT molecular complexity index is 998. The van der Waals surface area contributed by atoms with Gasteiger partial charge in [-0.3, -0.25) is 14.5 Å². The number of hydrogen-bond acceptors (Lipinski definition) is 3. The van der Waals surface area contributed by atoms with Crippen LogP contribution in [0, 0.1) is 12.7 Å². The molecular formula is C19H16Cl2FN3O3. The summed E-state index contributed by atoms with van der Waals surface area (Å²) in [5, 5.41) is 5.59. The van der Waals surface area contributed by atoms with Gasteiger partial charge in [0.05, 0.1) is 0 Å². The van der Waals surface area contributed by atoms with Gasteiger partial charge in [0.1, 0.15) is 17.9 Å². The molecule has 6 nitrogen and oxygen atoms in total. The lowest BCUT2D eigenvalue weighted by molar-refractivity contribution is -0.133. The number of rotatable bonds is 4.